The topological polar surface area (TPSA) is 149 Å². The Balaban J connectivity index is 2.76. The van der Waals surface area contributed by atoms with Gasteiger partial charge in [0.05, 0.1) is 16.3 Å². The number of nitrogens with one attached hydrogen (secondary N) is 2. The van der Waals surface area contributed by atoms with E-state index in [2.05, 4.69) is 15.6 Å². The monoisotopic (exact) mass is 370 g/mol. The molecule has 8 nitrogen and oxygen atoms in total. The number of carbonyl (C=O) groups excluding carboxylic acids is 2. The molecule has 0 saturated heterocycles. The molecular weight excluding hydrogens is 347 g/mol. The lowest BCUT2D eigenvalue weighted by molar-refractivity contribution is -0.116. The van der Waals surface area contributed by atoms with Gasteiger partial charge in [0.15, 0.2) is 5.96 Å². The lowest BCUT2D eigenvalue weighted by atomic mass is 10.2. The van der Waals surface area contributed by atoms with Gasteiger partial charge in [-0.05, 0) is 25.0 Å². The summed E-state index contributed by atoms with van der Waals surface area (Å²) < 4.78 is 13.8. The lowest BCUT2D eigenvalue weighted by Gasteiger charge is -2.15. The van der Waals surface area contributed by atoms with Gasteiger partial charge in [0, 0.05) is 25.3 Å². The zero-order chi connectivity index (χ0) is 18.7. The molecule has 1 aromatic carbocycles. The fourth-order valence-electron chi connectivity index (χ4n) is 1.99. The van der Waals surface area contributed by atoms with Crippen LogP contribution in [0.2, 0.25) is 0 Å². The average Bonchev–Trinajstić information content (AvgIpc) is 2.53. The number of thioether (sulfide) groups is 1. The molecule has 0 fully saturated rings. The number of aliphatic imine (C=N–C) groups is 1. The quantitative estimate of drug-likeness (QED) is 0.128. The summed E-state index contributed by atoms with van der Waals surface area (Å²) in [6.45, 7) is 0.849. The molecule has 1 aromatic rings. The number of rotatable bonds is 11. The van der Waals surface area contributed by atoms with Gasteiger partial charge in [-0.3, -0.25) is 14.6 Å². The molecule has 0 aliphatic heterocycles. The smallest absolute Gasteiger partial charge is 0.224 e. The van der Waals surface area contributed by atoms with Crippen molar-refractivity contribution in [3.8, 4) is 0 Å². The number of nitrogens with two attached hydrogens (primary N) is 3. The van der Waals surface area contributed by atoms with Crippen molar-refractivity contribution >= 4 is 41.4 Å². The van der Waals surface area contributed by atoms with Gasteiger partial charge in [-0.1, -0.05) is 0 Å². The number of anilines is 2. The molecule has 0 aliphatic carbocycles. The SMILES string of the molecule is NCCSc1c(NC=O)cc(F)cc1NC(=O)CCCCN=C(N)N. The normalized spacial score (nSPS) is 10.2. The summed E-state index contributed by atoms with van der Waals surface area (Å²) in [4.78, 5) is 27.2. The van der Waals surface area contributed by atoms with Gasteiger partial charge >= 0.3 is 0 Å². The molecule has 0 bridgehead atoms. The van der Waals surface area contributed by atoms with Crippen LogP contribution in [-0.2, 0) is 9.59 Å². The van der Waals surface area contributed by atoms with Crippen LogP contribution in [0.5, 0.6) is 0 Å². The van der Waals surface area contributed by atoms with Crippen molar-refractivity contribution in [3.05, 3.63) is 17.9 Å². The van der Waals surface area contributed by atoms with Crippen LogP contribution in [0.3, 0.4) is 0 Å². The van der Waals surface area contributed by atoms with Crippen LogP contribution in [0.1, 0.15) is 19.3 Å². The maximum atomic E-state index is 13.8. The number of halogens is 1. The first-order chi connectivity index (χ1) is 12.0. The summed E-state index contributed by atoms with van der Waals surface area (Å²) in [5.74, 6) is -0.256. The molecule has 2 amide bonds. The van der Waals surface area contributed by atoms with Crippen LogP contribution >= 0.6 is 11.8 Å². The second kappa shape index (κ2) is 11.3. The molecule has 138 valence electrons. The number of unbranched alkanes of at least 4 members (excludes halogenated alkanes) is 1. The minimum absolute atomic E-state index is 0.0148. The summed E-state index contributed by atoms with van der Waals surface area (Å²) >= 11 is 1.33. The molecule has 0 saturated carbocycles. The van der Waals surface area contributed by atoms with E-state index in [9.17, 15) is 14.0 Å². The highest BCUT2D eigenvalue weighted by atomic mass is 32.2. The number of carbonyl (C=O) groups is 2. The average molecular weight is 370 g/mol. The standard InChI is InChI=1S/C15H23FN6O2S/c16-10-7-11(21-9-23)14(25-6-4-17)12(8-10)22-13(24)3-1-2-5-20-15(18)19/h7-9H,1-6,17H2,(H,21,23)(H,22,24)(H4,18,19,20). The highest BCUT2D eigenvalue weighted by Crippen LogP contribution is 2.35. The van der Waals surface area contributed by atoms with Crippen LogP contribution in [0.15, 0.2) is 22.0 Å². The summed E-state index contributed by atoms with van der Waals surface area (Å²) in [7, 11) is 0. The fraction of sp³-hybridized carbons (Fsp3) is 0.400. The van der Waals surface area contributed by atoms with E-state index in [0.717, 1.165) is 0 Å². The van der Waals surface area contributed by atoms with Crippen molar-refractivity contribution in [2.45, 2.75) is 24.2 Å². The first-order valence-electron chi connectivity index (χ1n) is 7.69. The minimum atomic E-state index is -0.565. The Morgan fingerprint density at radius 1 is 1.28 bits per heavy atom. The molecule has 0 spiro atoms. The Labute approximate surface area is 149 Å². The third-order valence-electron chi connectivity index (χ3n) is 3.01. The van der Waals surface area contributed by atoms with Gasteiger partial charge in [0.1, 0.15) is 5.82 Å². The van der Waals surface area contributed by atoms with Gasteiger partial charge < -0.3 is 27.8 Å². The summed E-state index contributed by atoms with van der Waals surface area (Å²) in [5, 5.41) is 5.12. The Hall–Kier alpha value is -2.33. The van der Waals surface area contributed by atoms with Crippen molar-refractivity contribution in [2.24, 2.45) is 22.2 Å². The maximum absolute atomic E-state index is 13.8. The predicted octanol–water partition coefficient (Wildman–Crippen LogP) is 0.827. The molecule has 0 aromatic heterocycles. The molecule has 0 radical (unpaired) electrons. The number of nitrogens with zero attached hydrogens (tertiary/aromatic N) is 1. The summed E-state index contributed by atoms with van der Waals surface area (Å²) in [6.07, 6.45) is 1.94. The van der Waals surface area contributed by atoms with Crippen LogP contribution in [0, 0.1) is 5.82 Å². The minimum Gasteiger partial charge on any atom is -0.370 e. The number of amides is 2. The van der Waals surface area contributed by atoms with Crippen LogP contribution in [0.25, 0.3) is 0 Å². The number of hydrogen-bond acceptors (Lipinski definition) is 5. The number of benzene rings is 1. The first-order valence-corrected chi connectivity index (χ1v) is 8.68. The van der Waals surface area contributed by atoms with Crippen LogP contribution in [-0.4, -0.2) is 37.1 Å². The number of hydrogen-bond donors (Lipinski definition) is 5. The molecule has 8 N–H and O–H groups in total. The van der Waals surface area contributed by atoms with E-state index in [-0.39, 0.29) is 24.0 Å². The van der Waals surface area contributed by atoms with Gasteiger partial charge in [-0.2, -0.15) is 0 Å². The van der Waals surface area contributed by atoms with Crippen LogP contribution in [0.4, 0.5) is 15.8 Å². The van der Waals surface area contributed by atoms with Crippen LogP contribution < -0.4 is 27.8 Å². The Kier molecular flexibility index (Phi) is 9.33. The van der Waals surface area contributed by atoms with Crippen molar-refractivity contribution < 1.29 is 14.0 Å². The largest absolute Gasteiger partial charge is 0.370 e. The van der Waals surface area contributed by atoms with E-state index in [4.69, 9.17) is 17.2 Å². The second-order valence-electron chi connectivity index (χ2n) is 5.04. The fourth-order valence-corrected chi connectivity index (χ4v) is 2.85. The third kappa shape index (κ3) is 7.86. The van der Waals surface area contributed by atoms with Crippen molar-refractivity contribution in [2.75, 3.05) is 29.5 Å². The van der Waals surface area contributed by atoms with E-state index in [0.29, 0.717) is 48.7 Å². The molecule has 0 aliphatic rings. The predicted molar refractivity (Wildman–Crippen MR) is 99.0 cm³/mol. The van der Waals surface area contributed by atoms with E-state index in [1.807, 2.05) is 0 Å². The van der Waals surface area contributed by atoms with Gasteiger partial charge in [-0.25, -0.2) is 4.39 Å². The molecule has 0 heterocycles. The Morgan fingerprint density at radius 3 is 2.64 bits per heavy atom. The zero-order valence-corrected chi connectivity index (χ0v) is 14.6. The molecule has 0 atom stereocenters. The van der Waals surface area contributed by atoms with E-state index in [1.165, 1.54) is 23.9 Å². The molecular formula is C15H23FN6O2S. The van der Waals surface area contributed by atoms with Crippen molar-refractivity contribution in [1.82, 2.24) is 0 Å². The van der Waals surface area contributed by atoms with Crippen molar-refractivity contribution in [3.63, 3.8) is 0 Å². The summed E-state index contributed by atoms with van der Waals surface area (Å²) in [5.41, 5.74) is 16.5. The highest BCUT2D eigenvalue weighted by molar-refractivity contribution is 7.99. The molecule has 10 heteroatoms. The van der Waals surface area contributed by atoms with Crippen molar-refractivity contribution in [1.29, 1.82) is 0 Å². The Bertz CT molecular complexity index is 622. The molecule has 1 rings (SSSR count). The van der Waals surface area contributed by atoms with Gasteiger partial charge in [0.25, 0.3) is 0 Å². The van der Waals surface area contributed by atoms with Gasteiger partial charge in [-0.15, -0.1) is 11.8 Å². The maximum Gasteiger partial charge on any atom is 0.224 e. The zero-order valence-electron chi connectivity index (χ0n) is 13.8. The molecule has 25 heavy (non-hydrogen) atoms. The highest BCUT2D eigenvalue weighted by Gasteiger charge is 2.14. The van der Waals surface area contributed by atoms with E-state index < -0.39 is 5.82 Å². The lowest BCUT2D eigenvalue weighted by Crippen LogP contribution is -2.23. The first kappa shape index (κ1) is 20.7. The second-order valence-corrected chi connectivity index (χ2v) is 6.15. The Morgan fingerprint density at radius 2 is 2.00 bits per heavy atom. The number of guanidine groups is 1. The molecule has 0 unspecified atom stereocenters. The van der Waals surface area contributed by atoms with Gasteiger partial charge in [0.2, 0.25) is 12.3 Å². The third-order valence-corrected chi connectivity index (χ3v) is 4.18. The summed E-state index contributed by atoms with van der Waals surface area (Å²) in [6, 6.07) is 2.41. The van der Waals surface area contributed by atoms with E-state index >= 15 is 0 Å². The van der Waals surface area contributed by atoms with E-state index in [1.54, 1.807) is 0 Å².